The van der Waals surface area contributed by atoms with Gasteiger partial charge in [-0.1, -0.05) is 13.8 Å². The number of rotatable bonds is 6. The molecule has 0 saturated heterocycles. The van der Waals surface area contributed by atoms with Gasteiger partial charge in [0.25, 0.3) is 0 Å². The molecule has 0 spiro atoms. The molecule has 0 bridgehead atoms. The van der Waals surface area contributed by atoms with Crippen LogP contribution in [0.4, 0.5) is 0 Å². The molecule has 0 aliphatic rings. The number of primary amides is 1. The third-order valence-electron chi connectivity index (χ3n) is 4.00. The number of methoxy groups -OCH3 is 1. The van der Waals surface area contributed by atoms with E-state index in [2.05, 4.69) is 0 Å². The van der Waals surface area contributed by atoms with Crippen LogP contribution in [0.2, 0.25) is 0 Å². The van der Waals surface area contributed by atoms with Gasteiger partial charge in [0, 0.05) is 16.7 Å². The molecule has 1 amide bonds. The number of nitrogens with two attached hydrogens (primary N) is 1. The molecular formula is C19H21NO3. The Labute approximate surface area is 136 Å². The molecule has 4 heteroatoms. The fourth-order valence-electron chi connectivity index (χ4n) is 2.84. The Morgan fingerprint density at radius 3 is 1.91 bits per heavy atom. The van der Waals surface area contributed by atoms with Crippen LogP contribution in [0.5, 0.6) is 5.75 Å². The second kappa shape index (κ2) is 7.09. The van der Waals surface area contributed by atoms with Crippen LogP contribution in [-0.4, -0.2) is 18.8 Å². The first-order valence-corrected chi connectivity index (χ1v) is 7.66. The largest absolute Gasteiger partial charge is 0.497 e. The van der Waals surface area contributed by atoms with Crippen molar-refractivity contribution < 1.29 is 14.3 Å². The average Bonchev–Trinajstić information content (AvgIpc) is 2.59. The summed E-state index contributed by atoms with van der Waals surface area (Å²) in [6, 6.07) is 10.4. The van der Waals surface area contributed by atoms with Gasteiger partial charge in [0.05, 0.1) is 7.11 Å². The van der Waals surface area contributed by atoms with E-state index < -0.39 is 5.91 Å². The Hall–Kier alpha value is -2.62. The second-order valence-electron chi connectivity index (χ2n) is 5.25. The molecule has 0 atom stereocenters. The third kappa shape index (κ3) is 3.26. The summed E-state index contributed by atoms with van der Waals surface area (Å²) in [5.41, 5.74) is 8.91. The van der Waals surface area contributed by atoms with Gasteiger partial charge in [0.2, 0.25) is 5.91 Å². The molecule has 2 rings (SSSR count). The highest BCUT2D eigenvalue weighted by molar-refractivity contribution is 6.11. The number of benzene rings is 2. The maximum absolute atomic E-state index is 12.8. The summed E-state index contributed by atoms with van der Waals surface area (Å²) in [5, 5.41) is 0. The lowest BCUT2D eigenvalue weighted by Crippen LogP contribution is -2.17. The summed E-state index contributed by atoms with van der Waals surface area (Å²) >= 11 is 0. The van der Waals surface area contributed by atoms with Crippen molar-refractivity contribution in [2.45, 2.75) is 26.7 Å². The van der Waals surface area contributed by atoms with E-state index >= 15 is 0 Å². The van der Waals surface area contributed by atoms with E-state index in [1.165, 1.54) is 0 Å². The maximum Gasteiger partial charge on any atom is 0.248 e. The summed E-state index contributed by atoms with van der Waals surface area (Å²) in [7, 11) is 1.59. The minimum atomic E-state index is -0.458. The Morgan fingerprint density at radius 2 is 1.43 bits per heavy atom. The van der Waals surface area contributed by atoms with Crippen LogP contribution in [0.3, 0.4) is 0 Å². The lowest BCUT2D eigenvalue weighted by atomic mass is 9.88. The van der Waals surface area contributed by atoms with Crippen LogP contribution in [0.15, 0.2) is 36.4 Å². The molecule has 2 aromatic rings. The first-order chi connectivity index (χ1) is 11.0. The van der Waals surface area contributed by atoms with Crippen molar-refractivity contribution in [2.24, 2.45) is 5.73 Å². The Kier molecular flexibility index (Phi) is 5.16. The topological polar surface area (TPSA) is 69.4 Å². The van der Waals surface area contributed by atoms with E-state index in [9.17, 15) is 9.59 Å². The zero-order valence-corrected chi connectivity index (χ0v) is 13.7. The summed E-state index contributed by atoms with van der Waals surface area (Å²) in [4.78, 5) is 24.4. The van der Waals surface area contributed by atoms with Crippen molar-refractivity contribution >= 4 is 11.7 Å². The highest BCUT2D eigenvalue weighted by atomic mass is 16.5. The van der Waals surface area contributed by atoms with Gasteiger partial charge in [-0.15, -0.1) is 0 Å². The molecule has 0 aliphatic carbocycles. The van der Waals surface area contributed by atoms with Crippen molar-refractivity contribution in [3.05, 3.63) is 64.2 Å². The van der Waals surface area contributed by atoms with Gasteiger partial charge >= 0.3 is 0 Å². The molecule has 0 saturated carbocycles. The zero-order chi connectivity index (χ0) is 17.0. The Bertz CT molecular complexity index is 733. The lowest BCUT2D eigenvalue weighted by Gasteiger charge is -2.15. The van der Waals surface area contributed by atoms with Crippen molar-refractivity contribution in [3.63, 3.8) is 0 Å². The lowest BCUT2D eigenvalue weighted by molar-refractivity contribution is 0.0995. The monoisotopic (exact) mass is 311 g/mol. The molecule has 23 heavy (non-hydrogen) atoms. The highest BCUT2D eigenvalue weighted by Gasteiger charge is 2.19. The highest BCUT2D eigenvalue weighted by Crippen LogP contribution is 2.24. The number of amides is 1. The predicted molar refractivity (Wildman–Crippen MR) is 90.1 cm³/mol. The van der Waals surface area contributed by atoms with Crippen LogP contribution in [-0.2, 0) is 12.8 Å². The number of hydrogen-bond acceptors (Lipinski definition) is 3. The van der Waals surface area contributed by atoms with Crippen molar-refractivity contribution in [3.8, 4) is 5.75 Å². The van der Waals surface area contributed by atoms with Gasteiger partial charge in [-0.25, -0.2) is 0 Å². The van der Waals surface area contributed by atoms with Gasteiger partial charge < -0.3 is 10.5 Å². The number of carbonyl (C=O) groups excluding carboxylic acids is 2. The van der Waals surface area contributed by atoms with Crippen LogP contribution >= 0.6 is 0 Å². The summed E-state index contributed by atoms with van der Waals surface area (Å²) in [6.45, 7) is 3.94. The average molecular weight is 311 g/mol. The Balaban J connectivity index is 2.53. The number of ether oxygens (including phenoxy) is 1. The quantitative estimate of drug-likeness (QED) is 0.833. The molecule has 0 radical (unpaired) electrons. The first kappa shape index (κ1) is 16.7. The SMILES string of the molecule is CCc1c(C(N)=O)ccc(C(=O)c2ccc(OC)cc2)c1CC. The van der Waals surface area contributed by atoms with E-state index in [1.54, 1.807) is 43.5 Å². The second-order valence-corrected chi connectivity index (χ2v) is 5.25. The first-order valence-electron chi connectivity index (χ1n) is 7.66. The fraction of sp³-hybridized carbons (Fsp3) is 0.263. The standard InChI is InChI=1S/C19H21NO3/c1-4-14-15(5-2)17(19(20)22)11-10-16(14)18(21)12-6-8-13(23-3)9-7-12/h6-11H,4-5H2,1-3H3,(H2,20,22). The molecule has 0 fully saturated rings. The van der Waals surface area contributed by atoms with Crippen LogP contribution in [0.1, 0.15) is 51.3 Å². The molecule has 0 unspecified atom stereocenters. The van der Waals surface area contributed by atoms with E-state index in [0.717, 1.165) is 11.1 Å². The van der Waals surface area contributed by atoms with E-state index in [4.69, 9.17) is 10.5 Å². The zero-order valence-electron chi connectivity index (χ0n) is 13.7. The minimum Gasteiger partial charge on any atom is -0.497 e. The van der Waals surface area contributed by atoms with Gasteiger partial charge in [-0.2, -0.15) is 0 Å². The molecule has 120 valence electrons. The number of carbonyl (C=O) groups is 2. The number of ketones is 1. The molecule has 0 aromatic heterocycles. The Morgan fingerprint density at radius 1 is 0.913 bits per heavy atom. The van der Waals surface area contributed by atoms with E-state index in [0.29, 0.717) is 35.3 Å². The molecular weight excluding hydrogens is 290 g/mol. The molecule has 2 N–H and O–H groups in total. The van der Waals surface area contributed by atoms with Gasteiger partial charge in [-0.05, 0) is 60.4 Å². The number of hydrogen-bond donors (Lipinski definition) is 1. The van der Waals surface area contributed by atoms with Crippen molar-refractivity contribution in [1.29, 1.82) is 0 Å². The smallest absolute Gasteiger partial charge is 0.248 e. The van der Waals surface area contributed by atoms with Crippen molar-refractivity contribution in [1.82, 2.24) is 0 Å². The normalized spacial score (nSPS) is 10.4. The summed E-state index contributed by atoms with van der Waals surface area (Å²) in [6.07, 6.45) is 1.33. The predicted octanol–water partition coefficient (Wildman–Crippen LogP) is 3.15. The summed E-state index contributed by atoms with van der Waals surface area (Å²) in [5.74, 6) is 0.186. The fourth-order valence-corrected chi connectivity index (χ4v) is 2.84. The van der Waals surface area contributed by atoms with Crippen LogP contribution in [0.25, 0.3) is 0 Å². The molecule has 0 aliphatic heterocycles. The van der Waals surface area contributed by atoms with E-state index in [-0.39, 0.29) is 5.78 Å². The van der Waals surface area contributed by atoms with E-state index in [1.807, 2.05) is 13.8 Å². The van der Waals surface area contributed by atoms with Crippen LogP contribution < -0.4 is 10.5 Å². The van der Waals surface area contributed by atoms with Gasteiger partial charge in [-0.3, -0.25) is 9.59 Å². The van der Waals surface area contributed by atoms with Gasteiger partial charge in [0.1, 0.15) is 5.75 Å². The minimum absolute atomic E-state index is 0.0600. The summed E-state index contributed by atoms with van der Waals surface area (Å²) < 4.78 is 5.12. The van der Waals surface area contributed by atoms with Crippen LogP contribution in [0, 0.1) is 0 Å². The molecule has 2 aromatic carbocycles. The maximum atomic E-state index is 12.8. The van der Waals surface area contributed by atoms with Gasteiger partial charge in [0.15, 0.2) is 5.78 Å². The van der Waals surface area contributed by atoms with Crippen molar-refractivity contribution in [2.75, 3.05) is 7.11 Å². The molecule has 4 nitrogen and oxygen atoms in total. The molecule has 0 heterocycles. The third-order valence-corrected chi connectivity index (χ3v) is 4.00.